The first-order valence-electron chi connectivity index (χ1n) is 5.86. The molecule has 0 radical (unpaired) electrons. The number of carbonyl (C=O) groups is 1. The summed E-state index contributed by atoms with van der Waals surface area (Å²) < 4.78 is 15.2. The van der Waals surface area contributed by atoms with Gasteiger partial charge in [0.15, 0.2) is 0 Å². The molecule has 19 heavy (non-hydrogen) atoms. The molecule has 1 aromatic rings. The van der Waals surface area contributed by atoms with E-state index in [2.05, 4.69) is 4.89 Å². The van der Waals surface area contributed by atoms with E-state index in [9.17, 15) is 4.79 Å². The number of ether oxygens (including phenoxy) is 3. The van der Waals surface area contributed by atoms with Crippen LogP contribution in [-0.2, 0) is 14.5 Å². The summed E-state index contributed by atoms with van der Waals surface area (Å²) in [7, 11) is 2.98. The van der Waals surface area contributed by atoms with E-state index in [1.807, 2.05) is 6.92 Å². The quantitative estimate of drug-likeness (QED) is 0.408. The lowest BCUT2D eigenvalue weighted by Gasteiger charge is -2.09. The second-order valence-corrected chi connectivity index (χ2v) is 3.46. The third-order valence-corrected chi connectivity index (χ3v) is 2.28. The summed E-state index contributed by atoms with van der Waals surface area (Å²) in [5.74, 6) is 0.272. The minimum Gasteiger partial charge on any atom is -0.497 e. The molecular weight excluding hydrogens is 252 g/mol. The molecule has 0 atom stereocenters. The minimum absolute atomic E-state index is 0.172. The van der Waals surface area contributed by atoms with Crippen molar-refractivity contribution in [1.82, 2.24) is 0 Å². The Labute approximate surface area is 112 Å². The lowest BCUT2D eigenvalue weighted by atomic mass is 10.2. The molecule has 0 aliphatic carbocycles. The van der Waals surface area contributed by atoms with Gasteiger partial charge in [0.1, 0.15) is 23.7 Å². The summed E-state index contributed by atoms with van der Waals surface area (Å²) in [5, 5.41) is 0. The average Bonchev–Trinajstić information content (AvgIpc) is 2.46. The van der Waals surface area contributed by atoms with E-state index >= 15 is 0 Å². The molecule has 1 rings (SSSR count). The number of carbonyl (C=O) groups excluding carboxylic acids is 1. The lowest BCUT2D eigenvalue weighted by molar-refractivity contribution is -0.247. The summed E-state index contributed by atoms with van der Waals surface area (Å²) in [4.78, 5) is 21.2. The van der Waals surface area contributed by atoms with Gasteiger partial charge < -0.3 is 14.2 Å². The number of benzene rings is 1. The smallest absolute Gasteiger partial charge is 0.376 e. The highest BCUT2D eigenvalue weighted by molar-refractivity contribution is 5.92. The maximum Gasteiger partial charge on any atom is 0.376 e. The largest absolute Gasteiger partial charge is 0.497 e. The van der Waals surface area contributed by atoms with Crippen molar-refractivity contribution in [1.29, 1.82) is 0 Å². The zero-order valence-corrected chi connectivity index (χ0v) is 11.3. The van der Waals surface area contributed by atoms with Crippen LogP contribution < -0.4 is 9.47 Å². The van der Waals surface area contributed by atoms with Crippen LogP contribution in [0.2, 0.25) is 0 Å². The lowest BCUT2D eigenvalue weighted by Crippen LogP contribution is -2.11. The zero-order chi connectivity index (χ0) is 14.1. The van der Waals surface area contributed by atoms with E-state index in [0.29, 0.717) is 24.7 Å². The Morgan fingerprint density at radius 1 is 1.16 bits per heavy atom. The first kappa shape index (κ1) is 15.3. The maximum atomic E-state index is 11.8. The molecule has 0 amide bonds. The van der Waals surface area contributed by atoms with Crippen LogP contribution in [0, 0.1) is 0 Å². The molecular formula is C13H18O6. The normalized spacial score (nSPS) is 10.1. The molecule has 6 heteroatoms. The van der Waals surface area contributed by atoms with E-state index in [1.165, 1.54) is 20.3 Å². The Bertz CT molecular complexity index is 404. The third-order valence-electron chi connectivity index (χ3n) is 2.28. The Morgan fingerprint density at radius 2 is 1.95 bits per heavy atom. The van der Waals surface area contributed by atoms with Crippen LogP contribution in [-0.4, -0.2) is 40.0 Å². The predicted octanol–water partition coefficient (Wildman–Crippen LogP) is 1.83. The van der Waals surface area contributed by atoms with Crippen LogP contribution in [0.1, 0.15) is 17.3 Å². The monoisotopic (exact) mass is 270 g/mol. The molecule has 0 aromatic heterocycles. The highest BCUT2D eigenvalue weighted by Crippen LogP contribution is 2.24. The molecule has 6 nitrogen and oxygen atoms in total. The van der Waals surface area contributed by atoms with Gasteiger partial charge >= 0.3 is 5.97 Å². The van der Waals surface area contributed by atoms with Crippen LogP contribution >= 0.6 is 0 Å². The predicted molar refractivity (Wildman–Crippen MR) is 67.4 cm³/mol. The topological polar surface area (TPSA) is 63.2 Å². The van der Waals surface area contributed by atoms with Crippen molar-refractivity contribution >= 4 is 5.97 Å². The van der Waals surface area contributed by atoms with Gasteiger partial charge in [-0.05, 0) is 25.1 Å². The first-order chi connectivity index (χ1) is 9.22. The molecule has 0 N–H and O–H groups in total. The molecule has 0 spiro atoms. The van der Waals surface area contributed by atoms with Gasteiger partial charge in [-0.15, -0.1) is 0 Å². The molecule has 1 aromatic carbocycles. The molecule has 0 saturated carbocycles. The molecule has 0 aliphatic rings. The highest BCUT2D eigenvalue weighted by Gasteiger charge is 2.16. The average molecular weight is 270 g/mol. The van der Waals surface area contributed by atoms with Gasteiger partial charge in [0, 0.05) is 6.61 Å². The standard InChI is InChI=1S/C13H18O6/c1-4-17-7-8-18-19-13(14)11-9-10(15-2)5-6-12(11)16-3/h5-6,9H,4,7-8H2,1-3H3. The van der Waals surface area contributed by atoms with E-state index in [1.54, 1.807) is 12.1 Å². The van der Waals surface area contributed by atoms with Crippen LogP contribution in [0.5, 0.6) is 11.5 Å². The highest BCUT2D eigenvalue weighted by atomic mass is 17.2. The summed E-state index contributed by atoms with van der Waals surface area (Å²) >= 11 is 0. The van der Waals surface area contributed by atoms with Gasteiger partial charge in [-0.2, -0.15) is 4.89 Å². The van der Waals surface area contributed by atoms with Crippen LogP contribution in [0.4, 0.5) is 0 Å². The van der Waals surface area contributed by atoms with Crippen molar-refractivity contribution in [2.75, 3.05) is 34.0 Å². The molecule has 0 fully saturated rings. The van der Waals surface area contributed by atoms with E-state index < -0.39 is 5.97 Å². The number of hydrogen-bond donors (Lipinski definition) is 0. The summed E-state index contributed by atoms with van der Waals surface area (Å²) in [6.07, 6.45) is 0. The van der Waals surface area contributed by atoms with Gasteiger partial charge in [0.25, 0.3) is 0 Å². The second kappa shape index (κ2) is 8.34. The van der Waals surface area contributed by atoms with E-state index in [0.717, 1.165) is 0 Å². The number of hydrogen-bond acceptors (Lipinski definition) is 6. The van der Waals surface area contributed by atoms with Crippen molar-refractivity contribution in [3.63, 3.8) is 0 Å². The molecule has 106 valence electrons. The van der Waals surface area contributed by atoms with E-state index in [-0.39, 0.29) is 12.2 Å². The Hall–Kier alpha value is -1.79. The zero-order valence-electron chi connectivity index (χ0n) is 11.3. The summed E-state index contributed by atoms with van der Waals surface area (Å²) in [5.41, 5.74) is 0.234. The van der Waals surface area contributed by atoms with Crippen LogP contribution in [0.25, 0.3) is 0 Å². The maximum absolute atomic E-state index is 11.8. The third kappa shape index (κ3) is 4.76. The molecule has 0 aliphatic heterocycles. The van der Waals surface area contributed by atoms with Crippen molar-refractivity contribution in [3.8, 4) is 11.5 Å². The van der Waals surface area contributed by atoms with Crippen molar-refractivity contribution in [3.05, 3.63) is 23.8 Å². The summed E-state index contributed by atoms with van der Waals surface area (Å²) in [6.45, 7) is 2.99. The van der Waals surface area contributed by atoms with Gasteiger partial charge in [-0.3, -0.25) is 4.89 Å². The SMILES string of the molecule is CCOCCOOC(=O)c1cc(OC)ccc1OC. The van der Waals surface area contributed by atoms with Crippen LogP contribution in [0.15, 0.2) is 18.2 Å². The second-order valence-electron chi connectivity index (χ2n) is 3.46. The van der Waals surface area contributed by atoms with Gasteiger partial charge in [0.2, 0.25) is 0 Å². The minimum atomic E-state index is -0.646. The Kier molecular flexibility index (Phi) is 6.70. The van der Waals surface area contributed by atoms with Crippen molar-refractivity contribution < 1.29 is 28.8 Å². The molecule has 0 heterocycles. The molecule has 0 unspecified atom stereocenters. The fourth-order valence-electron chi connectivity index (χ4n) is 1.35. The van der Waals surface area contributed by atoms with Crippen molar-refractivity contribution in [2.24, 2.45) is 0 Å². The van der Waals surface area contributed by atoms with Gasteiger partial charge in [0.05, 0.1) is 20.8 Å². The molecule has 0 saturated heterocycles. The Balaban J connectivity index is 2.59. The Morgan fingerprint density at radius 3 is 2.58 bits per heavy atom. The number of rotatable bonds is 8. The molecule has 0 bridgehead atoms. The van der Waals surface area contributed by atoms with Gasteiger partial charge in [-0.25, -0.2) is 4.79 Å². The van der Waals surface area contributed by atoms with E-state index in [4.69, 9.17) is 19.1 Å². The fourth-order valence-corrected chi connectivity index (χ4v) is 1.35. The van der Waals surface area contributed by atoms with Gasteiger partial charge in [-0.1, -0.05) is 0 Å². The fraction of sp³-hybridized carbons (Fsp3) is 0.462. The van der Waals surface area contributed by atoms with Crippen LogP contribution in [0.3, 0.4) is 0 Å². The number of methoxy groups -OCH3 is 2. The summed E-state index contributed by atoms with van der Waals surface area (Å²) in [6, 6.07) is 4.83. The van der Waals surface area contributed by atoms with Crippen molar-refractivity contribution in [2.45, 2.75) is 6.92 Å². The first-order valence-corrected chi connectivity index (χ1v) is 5.86.